The number of rotatable bonds is 0. The lowest BCUT2D eigenvalue weighted by Gasteiger charge is -2.42. The van der Waals surface area contributed by atoms with Crippen LogP contribution in [-0.2, 0) is 0 Å². The second-order valence-electron chi connectivity index (χ2n) is 4.51. The number of thiocarbonyl (C=S) groups is 1. The van der Waals surface area contributed by atoms with E-state index in [1.165, 1.54) is 45.2 Å². The molecule has 0 bridgehead atoms. The highest BCUT2D eigenvalue weighted by molar-refractivity contribution is 8.22. The van der Waals surface area contributed by atoms with Crippen molar-refractivity contribution in [2.45, 2.75) is 32.1 Å². The molecule has 1 saturated carbocycles. The second kappa shape index (κ2) is 4.84. The molecule has 2 atom stereocenters. The lowest BCUT2D eigenvalue weighted by Crippen LogP contribution is -2.43. The molecule has 0 N–H and O–H groups in total. The van der Waals surface area contributed by atoms with Gasteiger partial charge >= 0.3 is 0 Å². The molecule has 0 aromatic carbocycles. The van der Waals surface area contributed by atoms with Crippen LogP contribution in [-0.4, -0.2) is 28.6 Å². The van der Waals surface area contributed by atoms with Gasteiger partial charge in [0.05, 0.1) is 0 Å². The van der Waals surface area contributed by atoms with Gasteiger partial charge in [-0.05, 0) is 30.9 Å². The summed E-state index contributed by atoms with van der Waals surface area (Å²) in [6, 6.07) is 0. The number of hydrogen-bond donors (Lipinski definition) is 0. The number of fused-ring (bicyclic) bond motifs is 1. The summed E-state index contributed by atoms with van der Waals surface area (Å²) in [5, 5.41) is 0. The van der Waals surface area contributed by atoms with Crippen molar-refractivity contribution in [3.63, 3.8) is 0 Å². The van der Waals surface area contributed by atoms with Gasteiger partial charge < -0.3 is 4.90 Å². The number of likely N-dealkylation sites (tertiary alicyclic amines) is 1. The van der Waals surface area contributed by atoms with Crippen molar-refractivity contribution >= 4 is 28.3 Å². The highest BCUT2D eigenvalue weighted by Crippen LogP contribution is 2.36. The molecule has 1 saturated heterocycles. The van der Waals surface area contributed by atoms with Crippen molar-refractivity contribution in [3.8, 4) is 0 Å². The SMILES string of the molecule is CSC(=S)N1CCC2CCCCC2C1. The van der Waals surface area contributed by atoms with Gasteiger partial charge in [-0.3, -0.25) is 0 Å². The highest BCUT2D eigenvalue weighted by Gasteiger charge is 2.31. The summed E-state index contributed by atoms with van der Waals surface area (Å²) >= 11 is 7.09. The predicted molar refractivity (Wildman–Crippen MR) is 67.8 cm³/mol. The van der Waals surface area contributed by atoms with Gasteiger partial charge in [0.2, 0.25) is 0 Å². The van der Waals surface area contributed by atoms with E-state index in [4.69, 9.17) is 12.2 Å². The van der Waals surface area contributed by atoms with E-state index in [2.05, 4.69) is 11.2 Å². The van der Waals surface area contributed by atoms with Crippen LogP contribution in [0.5, 0.6) is 0 Å². The van der Waals surface area contributed by atoms with Gasteiger partial charge in [-0.2, -0.15) is 0 Å². The van der Waals surface area contributed by atoms with Gasteiger partial charge in [0, 0.05) is 13.1 Å². The Labute approximate surface area is 96.6 Å². The fraction of sp³-hybridized carbons (Fsp3) is 0.909. The molecule has 2 fully saturated rings. The molecular formula is C11H19NS2. The molecule has 2 aliphatic rings. The molecule has 2 unspecified atom stereocenters. The average Bonchev–Trinajstić information content (AvgIpc) is 2.27. The highest BCUT2D eigenvalue weighted by atomic mass is 32.2. The first kappa shape index (κ1) is 10.7. The number of hydrogen-bond acceptors (Lipinski definition) is 2. The van der Waals surface area contributed by atoms with Crippen LogP contribution in [0.3, 0.4) is 0 Å². The fourth-order valence-corrected chi connectivity index (χ4v) is 3.49. The van der Waals surface area contributed by atoms with Crippen LogP contribution in [0.2, 0.25) is 0 Å². The number of nitrogens with zero attached hydrogens (tertiary/aromatic N) is 1. The minimum Gasteiger partial charge on any atom is -0.357 e. The summed E-state index contributed by atoms with van der Waals surface area (Å²) in [5.41, 5.74) is 0. The monoisotopic (exact) mass is 229 g/mol. The second-order valence-corrected chi connectivity index (χ2v) is 5.95. The Hall–Kier alpha value is 0.240. The summed E-state index contributed by atoms with van der Waals surface area (Å²) in [7, 11) is 0. The molecule has 0 amide bonds. The van der Waals surface area contributed by atoms with Crippen LogP contribution < -0.4 is 0 Å². The zero-order chi connectivity index (χ0) is 9.97. The van der Waals surface area contributed by atoms with Gasteiger partial charge in [0.25, 0.3) is 0 Å². The Bertz CT molecular complexity index is 217. The molecule has 0 aromatic rings. The predicted octanol–water partition coefficient (Wildman–Crippen LogP) is 3.15. The van der Waals surface area contributed by atoms with Gasteiger partial charge in [-0.15, -0.1) is 11.8 Å². The summed E-state index contributed by atoms with van der Waals surface area (Å²) in [4.78, 5) is 2.42. The minimum absolute atomic E-state index is 0.947. The van der Waals surface area contributed by atoms with Crippen molar-refractivity contribution in [3.05, 3.63) is 0 Å². The largest absolute Gasteiger partial charge is 0.357 e. The fourth-order valence-electron chi connectivity index (χ4n) is 2.90. The van der Waals surface area contributed by atoms with Gasteiger partial charge in [0.15, 0.2) is 0 Å². The minimum atomic E-state index is 0.947. The van der Waals surface area contributed by atoms with E-state index < -0.39 is 0 Å². The Kier molecular flexibility index (Phi) is 3.72. The van der Waals surface area contributed by atoms with E-state index in [-0.39, 0.29) is 0 Å². The molecule has 0 aromatic heterocycles. The molecule has 2 rings (SSSR count). The van der Waals surface area contributed by atoms with Gasteiger partial charge in [-0.1, -0.05) is 31.5 Å². The van der Waals surface area contributed by atoms with Crippen molar-refractivity contribution < 1.29 is 0 Å². The first-order valence-corrected chi connectivity index (χ1v) is 7.27. The molecule has 1 aliphatic heterocycles. The average molecular weight is 229 g/mol. The Morgan fingerprint density at radius 2 is 1.93 bits per heavy atom. The normalized spacial score (nSPS) is 32.5. The summed E-state index contributed by atoms with van der Waals surface area (Å²) < 4.78 is 1.11. The molecule has 80 valence electrons. The number of thioether (sulfide) groups is 1. The van der Waals surface area contributed by atoms with Gasteiger partial charge in [-0.25, -0.2) is 0 Å². The summed E-state index contributed by atoms with van der Waals surface area (Å²) in [6.07, 6.45) is 9.30. The maximum Gasteiger partial charge on any atom is 0.136 e. The zero-order valence-electron chi connectivity index (χ0n) is 8.87. The molecule has 1 aliphatic carbocycles. The Morgan fingerprint density at radius 1 is 1.21 bits per heavy atom. The third kappa shape index (κ3) is 2.25. The van der Waals surface area contributed by atoms with Crippen LogP contribution in [0.4, 0.5) is 0 Å². The van der Waals surface area contributed by atoms with Crippen molar-refractivity contribution in [2.24, 2.45) is 11.8 Å². The van der Waals surface area contributed by atoms with Crippen molar-refractivity contribution in [2.75, 3.05) is 19.3 Å². The topological polar surface area (TPSA) is 3.24 Å². The zero-order valence-corrected chi connectivity index (χ0v) is 10.5. The lowest BCUT2D eigenvalue weighted by molar-refractivity contribution is 0.133. The van der Waals surface area contributed by atoms with E-state index in [0.717, 1.165) is 16.2 Å². The molecule has 14 heavy (non-hydrogen) atoms. The maximum absolute atomic E-state index is 5.36. The van der Waals surface area contributed by atoms with Crippen LogP contribution in [0.25, 0.3) is 0 Å². The van der Waals surface area contributed by atoms with Crippen molar-refractivity contribution in [1.29, 1.82) is 0 Å². The van der Waals surface area contributed by atoms with E-state index >= 15 is 0 Å². The Balaban J connectivity index is 1.92. The molecule has 1 nitrogen and oxygen atoms in total. The smallest absolute Gasteiger partial charge is 0.136 e. The van der Waals surface area contributed by atoms with E-state index in [0.29, 0.717) is 0 Å². The molecule has 0 spiro atoms. The molecule has 0 radical (unpaired) electrons. The Morgan fingerprint density at radius 3 is 2.64 bits per heavy atom. The van der Waals surface area contributed by atoms with E-state index in [1.807, 2.05) is 0 Å². The van der Waals surface area contributed by atoms with Crippen LogP contribution in [0.15, 0.2) is 0 Å². The molecule has 3 heteroatoms. The molecular weight excluding hydrogens is 210 g/mol. The maximum atomic E-state index is 5.36. The van der Waals surface area contributed by atoms with Crippen molar-refractivity contribution in [1.82, 2.24) is 4.90 Å². The third-order valence-corrected chi connectivity index (χ3v) is 5.09. The first-order valence-electron chi connectivity index (χ1n) is 5.64. The summed E-state index contributed by atoms with van der Waals surface area (Å²) in [6.45, 7) is 2.45. The van der Waals surface area contributed by atoms with Gasteiger partial charge in [0.1, 0.15) is 4.32 Å². The quantitative estimate of drug-likeness (QED) is 0.588. The molecule has 1 heterocycles. The first-order chi connectivity index (χ1) is 6.81. The van der Waals surface area contributed by atoms with Crippen LogP contribution in [0, 0.1) is 11.8 Å². The van der Waals surface area contributed by atoms with Crippen LogP contribution >= 0.6 is 24.0 Å². The van der Waals surface area contributed by atoms with E-state index in [9.17, 15) is 0 Å². The lowest BCUT2D eigenvalue weighted by atomic mass is 9.75. The van der Waals surface area contributed by atoms with E-state index in [1.54, 1.807) is 11.8 Å². The van der Waals surface area contributed by atoms with Crippen LogP contribution in [0.1, 0.15) is 32.1 Å². The third-order valence-electron chi connectivity index (χ3n) is 3.72. The standard InChI is InChI=1S/C11H19NS2/c1-14-11(13)12-7-6-9-4-2-3-5-10(9)8-12/h9-10H,2-8H2,1H3. The summed E-state index contributed by atoms with van der Waals surface area (Å²) in [5.74, 6) is 1.97. The number of piperidine rings is 1.